The Hall–Kier alpha value is -1.47. The van der Waals surface area contributed by atoms with Gasteiger partial charge in [-0.15, -0.1) is 21.6 Å². The van der Waals surface area contributed by atoms with Crippen molar-refractivity contribution in [2.75, 3.05) is 6.61 Å². The van der Waals surface area contributed by atoms with Crippen LogP contribution in [0.15, 0.2) is 26.7 Å². The van der Waals surface area contributed by atoms with Crippen LogP contribution in [0.5, 0.6) is 0 Å². The molecular weight excluding hydrogens is 258 g/mol. The minimum Gasteiger partial charge on any atom is -0.466 e. The minimum atomic E-state index is -0.234. The number of thiocarbonyl (C=S) groups is 1. The van der Waals surface area contributed by atoms with E-state index in [-0.39, 0.29) is 17.5 Å². The van der Waals surface area contributed by atoms with Gasteiger partial charge in [0, 0.05) is 0 Å². The van der Waals surface area contributed by atoms with Crippen LogP contribution in [-0.2, 0) is 16.0 Å². The molecule has 2 rings (SSSR count). The normalized spacial score (nSPS) is 13.9. The second-order valence-electron chi connectivity index (χ2n) is 3.22. The summed E-state index contributed by atoms with van der Waals surface area (Å²) in [6.07, 6.45) is 0.263. The number of azo groups is 1. The Morgan fingerprint density at radius 1 is 1.53 bits per heavy atom. The Bertz CT molecular complexity index is 519. The van der Waals surface area contributed by atoms with Crippen molar-refractivity contribution in [3.8, 4) is 0 Å². The highest BCUT2D eigenvalue weighted by Gasteiger charge is 2.13. The third-order valence-corrected chi connectivity index (χ3v) is 3.11. The first-order valence-electron chi connectivity index (χ1n) is 4.97. The predicted molar refractivity (Wildman–Crippen MR) is 68.6 cm³/mol. The van der Waals surface area contributed by atoms with Crippen molar-refractivity contribution in [3.05, 3.63) is 21.9 Å². The fraction of sp³-hybridized carbons (Fsp3) is 0.300. The maximum absolute atomic E-state index is 11.3. The van der Waals surface area contributed by atoms with E-state index in [4.69, 9.17) is 17.0 Å². The third-order valence-electron chi connectivity index (χ3n) is 1.96. The molecule has 0 atom stereocenters. The van der Waals surface area contributed by atoms with Crippen LogP contribution in [0.1, 0.15) is 17.4 Å². The largest absolute Gasteiger partial charge is 0.466 e. The highest BCUT2D eigenvalue weighted by atomic mass is 32.1. The Balaban J connectivity index is 2.06. The molecule has 1 aromatic rings. The predicted octanol–water partition coefficient (Wildman–Crippen LogP) is 2.35. The van der Waals surface area contributed by atoms with Crippen molar-refractivity contribution >= 4 is 40.5 Å². The first-order chi connectivity index (χ1) is 8.19. The Labute approximate surface area is 107 Å². The van der Waals surface area contributed by atoms with E-state index in [1.807, 2.05) is 11.4 Å². The van der Waals surface area contributed by atoms with E-state index in [2.05, 4.69) is 15.2 Å². The van der Waals surface area contributed by atoms with Gasteiger partial charge in [-0.25, -0.2) is 0 Å². The summed E-state index contributed by atoms with van der Waals surface area (Å²) in [7, 11) is 0. The summed E-state index contributed by atoms with van der Waals surface area (Å²) in [4.78, 5) is 16.1. The molecule has 1 aliphatic heterocycles. The molecule has 1 aromatic heterocycles. The number of carbonyl (C=O) groups is 1. The Kier molecular flexibility index (Phi) is 3.70. The van der Waals surface area contributed by atoms with E-state index >= 15 is 0 Å². The average Bonchev–Trinajstić information content (AvgIpc) is 2.87. The number of aliphatic imine (C=N–C) groups is 1. The van der Waals surface area contributed by atoms with E-state index in [1.165, 1.54) is 11.3 Å². The molecule has 5 nitrogen and oxygen atoms in total. The Morgan fingerprint density at radius 3 is 3.00 bits per heavy atom. The van der Waals surface area contributed by atoms with Gasteiger partial charge in [0.25, 0.3) is 0 Å². The fourth-order valence-electron chi connectivity index (χ4n) is 1.29. The molecule has 17 heavy (non-hydrogen) atoms. The molecule has 0 bridgehead atoms. The maximum atomic E-state index is 11.3. The molecule has 7 heteroatoms. The molecule has 0 spiro atoms. The van der Waals surface area contributed by atoms with Crippen molar-refractivity contribution in [1.29, 1.82) is 0 Å². The summed E-state index contributed by atoms with van der Waals surface area (Å²) in [5.74, 6) is 0.275. The number of carbonyl (C=O) groups excluding carboxylic acids is 1. The lowest BCUT2D eigenvalue weighted by Gasteiger charge is -1.98. The van der Waals surface area contributed by atoms with Gasteiger partial charge in [0.15, 0.2) is 5.84 Å². The van der Waals surface area contributed by atoms with Gasteiger partial charge in [-0.2, -0.15) is 4.99 Å². The van der Waals surface area contributed by atoms with Gasteiger partial charge in [0.2, 0.25) is 5.11 Å². The van der Waals surface area contributed by atoms with Crippen LogP contribution in [0, 0.1) is 0 Å². The van der Waals surface area contributed by atoms with Crippen molar-refractivity contribution in [2.45, 2.75) is 13.3 Å². The number of thiophene rings is 1. The summed E-state index contributed by atoms with van der Waals surface area (Å²) in [5, 5.41) is 9.62. The second kappa shape index (κ2) is 5.24. The van der Waals surface area contributed by atoms with E-state index in [0.29, 0.717) is 12.4 Å². The molecule has 0 aromatic carbocycles. The smallest absolute Gasteiger partial charge is 0.310 e. The van der Waals surface area contributed by atoms with Crippen LogP contribution in [0.25, 0.3) is 0 Å². The van der Waals surface area contributed by atoms with Gasteiger partial charge in [-0.05, 0) is 36.2 Å². The van der Waals surface area contributed by atoms with Crippen LogP contribution in [0.2, 0.25) is 0 Å². The van der Waals surface area contributed by atoms with Gasteiger partial charge >= 0.3 is 5.97 Å². The maximum Gasteiger partial charge on any atom is 0.310 e. The number of hydrogen-bond acceptors (Lipinski definition) is 5. The van der Waals surface area contributed by atoms with Gasteiger partial charge < -0.3 is 4.74 Å². The summed E-state index contributed by atoms with van der Waals surface area (Å²) in [5.41, 5.74) is 0.888. The molecule has 0 unspecified atom stereocenters. The van der Waals surface area contributed by atoms with Gasteiger partial charge in [-0.1, -0.05) is 0 Å². The zero-order chi connectivity index (χ0) is 12.3. The summed E-state index contributed by atoms with van der Waals surface area (Å²) >= 11 is 6.25. The fourth-order valence-corrected chi connectivity index (χ4v) is 2.26. The lowest BCUT2D eigenvalue weighted by Crippen LogP contribution is -2.06. The highest BCUT2D eigenvalue weighted by molar-refractivity contribution is 7.80. The standard InChI is InChI=1S/C10H9N3O2S2/c1-2-15-8(14)4-6-3-7(17-5-6)9-11-10(16)13-12-9/h3,5H,2,4H2,1H3. The zero-order valence-electron chi connectivity index (χ0n) is 9.04. The third kappa shape index (κ3) is 3.01. The zero-order valence-corrected chi connectivity index (χ0v) is 10.7. The Morgan fingerprint density at radius 2 is 2.35 bits per heavy atom. The first-order valence-corrected chi connectivity index (χ1v) is 6.25. The molecular formula is C10H9N3O2S2. The second-order valence-corrected chi connectivity index (χ2v) is 4.50. The topological polar surface area (TPSA) is 63.4 Å². The van der Waals surface area contributed by atoms with Crippen LogP contribution >= 0.6 is 23.6 Å². The molecule has 0 N–H and O–H groups in total. The van der Waals surface area contributed by atoms with Crippen LogP contribution in [0.4, 0.5) is 0 Å². The van der Waals surface area contributed by atoms with Gasteiger partial charge in [0.1, 0.15) is 0 Å². The molecule has 0 fully saturated rings. The highest BCUT2D eigenvalue weighted by Crippen LogP contribution is 2.19. The van der Waals surface area contributed by atoms with Crippen molar-refractivity contribution in [1.82, 2.24) is 0 Å². The molecule has 88 valence electrons. The number of esters is 1. The number of amidine groups is 1. The molecule has 0 saturated heterocycles. The van der Waals surface area contributed by atoms with Crippen molar-refractivity contribution in [2.24, 2.45) is 15.2 Å². The van der Waals surface area contributed by atoms with Crippen molar-refractivity contribution in [3.63, 3.8) is 0 Å². The summed E-state index contributed by atoms with van der Waals surface area (Å²) in [6, 6.07) is 1.85. The number of hydrogen-bond donors (Lipinski definition) is 0. The minimum absolute atomic E-state index is 0.234. The molecule has 0 aliphatic carbocycles. The van der Waals surface area contributed by atoms with Crippen LogP contribution < -0.4 is 0 Å². The average molecular weight is 267 g/mol. The van der Waals surface area contributed by atoms with Crippen LogP contribution in [-0.4, -0.2) is 23.5 Å². The molecule has 1 aliphatic rings. The first kappa shape index (κ1) is 12.0. The lowest BCUT2D eigenvalue weighted by atomic mass is 10.2. The SMILES string of the molecule is CCOC(=O)Cc1csc(C2=NC(=S)N=N2)c1. The van der Waals surface area contributed by atoms with Gasteiger partial charge in [-0.3, -0.25) is 4.79 Å². The van der Waals surface area contributed by atoms with Crippen molar-refractivity contribution < 1.29 is 9.53 Å². The lowest BCUT2D eigenvalue weighted by molar-refractivity contribution is -0.142. The van der Waals surface area contributed by atoms with Crippen LogP contribution in [0.3, 0.4) is 0 Å². The quantitative estimate of drug-likeness (QED) is 0.621. The number of ether oxygens (including phenoxy) is 1. The molecule has 2 heterocycles. The molecule has 0 saturated carbocycles. The monoisotopic (exact) mass is 267 g/mol. The van der Waals surface area contributed by atoms with E-state index < -0.39 is 0 Å². The van der Waals surface area contributed by atoms with E-state index in [0.717, 1.165) is 10.4 Å². The molecule has 0 amide bonds. The molecule has 0 radical (unpaired) electrons. The van der Waals surface area contributed by atoms with E-state index in [1.54, 1.807) is 6.92 Å². The van der Waals surface area contributed by atoms with E-state index in [9.17, 15) is 4.79 Å². The van der Waals surface area contributed by atoms with Gasteiger partial charge in [0.05, 0.1) is 17.9 Å². The summed E-state index contributed by atoms with van der Waals surface area (Å²) in [6.45, 7) is 2.18. The number of nitrogens with zero attached hydrogens (tertiary/aromatic N) is 3. The summed E-state index contributed by atoms with van der Waals surface area (Å²) < 4.78 is 4.87. The number of rotatable bonds is 4.